The van der Waals surface area contributed by atoms with Crippen molar-refractivity contribution >= 4 is 32.7 Å². The molecule has 3 rings (SSSR count). The van der Waals surface area contributed by atoms with Crippen LogP contribution in [0.4, 0.5) is 0 Å². The molecular weight excluding hydrogens is 416 g/mol. The second-order valence-electron chi connectivity index (χ2n) is 8.22. The van der Waals surface area contributed by atoms with Crippen LogP contribution in [0.5, 0.6) is 0 Å². The third-order valence-electron chi connectivity index (χ3n) is 5.84. The van der Waals surface area contributed by atoms with E-state index in [0.717, 1.165) is 24.2 Å². The third-order valence-corrected chi connectivity index (χ3v) is 8.49. The molecule has 7 heteroatoms. The van der Waals surface area contributed by atoms with Crippen LogP contribution in [0.15, 0.2) is 46.4 Å². The number of nitrogens with zero attached hydrogens (tertiary/aromatic N) is 1. The van der Waals surface area contributed by atoms with E-state index in [9.17, 15) is 13.2 Å². The van der Waals surface area contributed by atoms with Gasteiger partial charge in [-0.05, 0) is 42.9 Å². The fourth-order valence-electron chi connectivity index (χ4n) is 4.10. The predicted octanol–water partition coefficient (Wildman–Crippen LogP) is 4.73. The van der Waals surface area contributed by atoms with Gasteiger partial charge in [-0.25, -0.2) is 13.4 Å². The van der Waals surface area contributed by atoms with Crippen LogP contribution >= 0.6 is 11.8 Å². The SMILES string of the molecule is CCCCS(=O)(=O)c1ccc(CC(CC2CCCC2)C(=O)NC2=NC=CCS2)cc1. The van der Waals surface area contributed by atoms with Gasteiger partial charge in [0, 0.05) is 17.9 Å². The number of benzene rings is 1. The van der Waals surface area contributed by atoms with E-state index in [-0.39, 0.29) is 17.6 Å². The Balaban J connectivity index is 1.69. The summed E-state index contributed by atoms with van der Waals surface area (Å²) in [4.78, 5) is 17.6. The number of nitrogens with one attached hydrogen (secondary N) is 1. The summed E-state index contributed by atoms with van der Waals surface area (Å²) in [5.41, 5.74) is 1.00. The molecule has 5 nitrogen and oxygen atoms in total. The van der Waals surface area contributed by atoms with E-state index in [0.29, 0.717) is 28.8 Å². The topological polar surface area (TPSA) is 75.6 Å². The average molecular weight is 449 g/mol. The van der Waals surface area contributed by atoms with Gasteiger partial charge in [0.2, 0.25) is 5.91 Å². The zero-order chi connectivity index (χ0) is 21.4. The van der Waals surface area contributed by atoms with Gasteiger partial charge in [0.05, 0.1) is 10.6 Å². The normalized spacial score (nSPS) is 18.2. The van der Waals surface area contributed by atoms with Gasteiger partial charge in [-0.2, -0.15) is 0 Å². The summed E-state index contributed by atoms with van der Waals surface area (Å²) in [5, 5.41) is 3.66. The Morgan fingerprint density at radius 1 is 1.23 bits per heavy atom. The van der Waals surface area contributed by atoms with Crippen molar-refractivity contribution in [1.29, 1.82) is 0 Å². The first kappa shape index (κ1) is 23.1. The minimum absolute atomic E-state index is 0.0168. The van der Waals surface area contributed by atoms with Crippen LogP contribution in [0.2, 0.25) is 0 Å². The molecule has 1 aromatic carbocycles. The maximum atomic E-state index is 13.0. The fraction of sp³-hybridized carbons (Fsp3) is 0.565. The van der Waals surface area contributed by atoms with Crippen LogP contribution in [-0.2, 0) is 21.1 Å². The number of sulfone groups is 1. The molecule has 1 amide bonds. The molecule has 30 heavy (non-hydrogen) atoms. The number of thioether (sulfide) groups is 1. The standard InChI is InChI=1S/C23H32N2O3S2/c1-2-3-15-30(27,28)21-11-9-19(10-12-21)17-20(16-18-7-4-5-8-18)22(26)25-23-24-13-6-14-29-23/h6,9-13,18,20H,2-5,7-8,14-17H2,1H3,(H,24,25,26). The van der Waals surface area contributed by atoms with Crippen molar-refractivity contribution in [1.82, 2.24) is 5.32 Å². The summed E-state index contributed by atoms with van der Waals surface area (Å²) in [7, 11) is -3.23. The molecule has 1 N–H and O–H groups in total. The molecule has 0 radical (unpaired) electrons. The van der Waals surface area contributed by atoms with Crippen molar-refractivity contribution < 1.29 is 13.2 Å². The Labute approximate surface area is 184 Å². The Kier molecular flexibility index (Phi) is 8.57. The molecule has 2 aliphatic rings. The monoisotopic (exact) mass is 448 g/mol. The first-order valence-corrected chi connectivity index (χ1v) is 13.6. The summed E-state index contributed by atoms with van der Waals surface area (Å²) in [6, 6.07) is 7.11. The molecule has 1 aliphatic carbocycles. The highest BCUT2D eigenvalue weighted by Gasteiger charge is 2.26. The van der Waals surface area contributed by atoms with Gasteiger partial charge in [0.15, 0.2) is 15.0 Å². The van der Waals surface area contributed by atoms with Crippen LogP contribution in [0.1, 0.15) is 57.4 Å². The highest BCUT2D eigenvalue weighted by Crippen LogP contribution is 2.32. The van der Waals surface area contributed by atoms with Gasteiger partial charge in [-0.3, -0.25) is 4.79 Å². The Bertz CT molecular complexity index is 870. The molecule has 1 aliphatic heterocycles. The second kappa shape index (κ2) is 11.1. The lowest BCUT2D eigenvalue weighted by Crippen LogP contribution is -2.36. The number of amides is 1. The molecule has 1 unspecified atom stereocenters. The maximum Gasteiger partial charge on any atom is 0.229 e. The molecule has 1 atom stereocenters. The Morgan fingerprint density at radius 2 is 1.97 bits per heavy atom. The number of rotatable bonds is 9. The number of aliphatic imine (C=N–C) groups is 1. The van der Waals surface area contributed by atoms with Crippen molar-refractivity contribution in [2.75, 3.05) is 11.5 Å². The van der Waals surface area contributed by atoms with Crippen LogP contribution < -0.4 is 5.32 Å². The minimum atomic E-state index is -3.23. The third kappa shape index (κ3) is 6.71. The highest BCUT2D eigenvalue weighted by atomic mass is 32.2. The fourth-order valence-corrected chi connectivity index (χ4v) is 6.21. The quantitative estimate of drug-likeness (QED) is 0.592. The minimum Gasteiger partial charge on any atom is -0.305 e. The number of carbonyl (C=O) groups excluding carboxylic acids is 1. The molecule has 1 fully saturated rings. The van der Waals surface area contributed by atoms with Crippen LogP contribution in [0.3, 0.4) is 0 Å². The zero-order valence-electron chi connectivity index (χ0n) is 17.7. The van der Waals surface area contributed by atoms with Gasteiger partial charge in [0.1, 0.15) is 0 Å². The second-order valence-corrected chi connectivity index (χ2v) is 11.3. The maximum absolute atomic E-state index is 13.0. The molecule has 1 aromatic rings. The van der Waals surface area contributed by atoms with Gasteiger partial charge in [-0.15, -0.1) is 0 Å². The van der Waals surface area contributed by atoms with Gasteiger partial charge in [0.25, 0.3) is 0 Å². The molecular formula is C23H32N2O3S2. The molecule has 0 saturated heterocycles. The van der Waals surface area contributed by atoms with E-state index >= 15 is 0 Å². The van der Waals surface area contributed by atoms with Crippen molar-refractivity contribution in [2.24, 2.45) is 16.8 Å². The van der Waals surface area contributed by atoms with E-state index in [1.165, 1.54) is 37.4 Å². The van der Waals surface area contributed by atoms with E-state index in [1.807, 2.05) is 25.1 Å². The smallest absolute Gasteiger partial charge is 0.229 e. The molecule has 0 spiro atoms. The molecule has 164 valence electrons. The van der Waals surface area contributed by atoms with E-state index in [4.69, 9.17) is 0 Å². The van der Waals surface area contributed by atoms with Crippen molar-refractivity contribution in [3.8, 4) is 0 Å². The van der Waals surface area contributed by atoms with Crippen molar-refractivity contribution in [3.05, 3.63) is 42.1 Å². The van der Waals surface area contributed by atoms with Crippen LogP contribution in [0.25, 0.3) is 0 Å². The van der Waals surface area contributed by atoms with Crippen molar-refractivity contribution in [2.45, 2.75) is 63.2 Å². The lowest BCUT2D eigenvalue weighted by atomic mass is 9.88. The average Bonchev–Trinajstić information content (AvgIpc) is 3.26. The summed E-state index contributed by atoms with van der Waals surface area (Å²) < 4.78 is 24.8. The number of hydrogen-bond acceptors (Lipinski definition) is 5. The molecule has 1 heterocycles. The number of carbonyl (C=O) groups is 1. The summed E-state index contributed by atoms with van der Waals surface area (Å²) in [6.45, 7) is 1.99. The number of unbranched alkanes of at least 4 members (excludes halogenated alkanes) is 1. The first-order valence-electron chi connectivity index (χ1n) is 11.0. The number of hydrogen-bond donors (Lipinski definition) is 1. The van der Waals surface area contributed by atoms with E-state index in [1.54, 1.807) is 18.3 Å². The van der Waals surface area contributed by atoms with E-state index in [2.05, 4.69) is 10.3 Å². The summed E-state index contributed by atoms with van der Waals surface area (Å²) in [5.74, 6) is 1.48. The highest BCUT2D eigenvalue weighted by molar-refractivity contribution is 8.14. The van der Waals surface area contributed by atoms with Gasteiger partial charge < -0.3 is 5.32 Å². The largest absolute Gasteiger partial charge is 0.305 e. The molecule has 0 bridgehead atoms. The summed E-state index contributed by atoms with van der Waals surface area (Å²) >= 11 is 1.53. The van der Waals surface area contributed by atoms with Crippen molar-refractivity contribution in [3.63, 3.8) is 0 Å². The lowest BCUT2D eigenvalue weighted by Gasteiger charge is -2.21. The number of amidine groups is 1. The molecule has 1 saturated carbocycles. The summed E-state index contributed by atoms with van der Waals surface area (Å²) in [6.07, 6.45) is 11.6. The van der Waals surface area contributed by atoms with Gasteiger partial charge >= 0.3 is 0 Å². The first-order chi connectivity index (χ1) is 14.5. The van der Waals surface area contributed by atoms with E-state index < -0.39 is 9.84 Å². The van der Waals surface area contributed by atoms with Crippen LogP contribution in [-0.4, -0.2) is 31.0 Å². The van der Waals surface area contributed by atoms with Crippen LogP contribution in [0, 0.1) is 11.8 Å². The predicted molar refractivity (Wildman–Crippen MR) is 124 cm³/mol. The Hall–Kier alpha value is -1.60. The van der Waals surface area contributed by atoms with Gasteiger partial charge in [-0.1, -0.05) is 69.0 Å². The molecule has 0 aromatic heterocycles. The lowest BCUT2D eigenvalue weighted by molar-refractivity contribution is -0.124. The zero-order valence-corrected chi connectivity index (χ0v) is 19.3. The Morgan fingerprint density at radius 3 is 2.60 bits per heavy atom.